The maximum Gasteiger partial charge on any atom is 0.264 e. The topological polar surface area (TPSA) is 66.5 Å². The van der Waals surface area contributed by atoms with Gasteiger partial charge >= 0.3 is 0 Å². The third kappa shape index (κ3) is 5.61. The van der Waals surface area contributed by atoms with E-state index >= 15 is 0 Å². The number of thioether (sulfide) groups is 1. The minimum atomic E-state index is -4.02. The lowest BCUT2D eigenvalue weighted by Gasteiger charge is -2.25. The summed E-state index contributed by atoms with van der Waals surface area (Å²) in [5.41, 5.74) is 1.83. The Balaban J connectivity index is 1.95. The number of carbonyl (C=O) groups is 1. The van der Waals surface area contributed by atoms with Crippen LogP contribution in [0.4, 0.5) is 11.4 Å². The number of halogens is 1. The molecule has 0 bridgehead atoms. The van der Waals surface area contributed by atoms with Crippen molar-refractivity contribution in [1.29, 1.82) is 0 Å². The number of para-hydroxylation sites is 2. The number of rotatable bonds is 8. The highest BCUT2D eigenvalue weighted by Crippen LogP contribution is 2.31. The highest BCUT2D eigenvalue weighted by Gasteiger charge is 2.28. The van der Waals surface area contributed by atoms with E-state index in [0.717, 1.165) is 20.5 Å². The van der Waals surface area contributed by atoms with Gasteiger partial charge in [-0.25, -0.2) is 8.42 Å². The fraction of sp³-hybridized carbons (Fsp3) is 0.174. The van der Waals surface area contributed by atoms with Crippen LogP contribution >= 0.6 is 23.4 Å². The Morgan fingerprint density at radius 3 is 2.32 bits per heavy atom. The molecule has 162 valence electrons. The minimum absolute atomic E-state index is 0.0905. The van der Waals surface area contributed by atoms with Gasteiger partial charge in [0.2, 0.25) is 5.91 Å². The van der Waals surface area contributed by atoms with Gasteiger partial charge in [-0.05, 0) is 49.1 Å². The minimum Gasteiger partial charge on any atom is -0.323 e. The van der Waals surface area contributed by atoms with Gasteiger partial charge in [-0.15, -0.1) is 11.8 Å². The molecule has 0 atom stereocenters. The molecule has 0 radical (unpaired) electrons. The van der Waals surface area contributed by atoms with Crippen LogP contribution in [0.3, 0.4) is 0 Å². The second-order valence-corrected chi connectivity index (χ2v) is 10.3. The van der Waals surface area contributed by atoms with Crippen molar-refractivity contribution in [3.63, 3.8) is 0 Å². The fourth-order valence-corrected chi connectivity index (χ4v) is 5.45. The van der Waals surface area contributed by atoms with E-state index in [2.05, 4.69) is 5.32 Å². The molecule has 8 heteroatoms. The number of hydrogen-bond acceptors (Lipinski definition) is 4. The smallest absolute Gasteiger partial charge is 0.264 e. The quantitative estimate of drug-likeness (QED) is 0.432. The van der Waals surface area contributed by atoms with Gasteiger partial charge in [0.25, 0.3) is 10.0 Å². The molecule has 0 fully saturated rings. The van der Waals surface area contributed by atoms with Crippen LogP contribution in [-0.4, -0.2) is 26.6 Å². The van der Waals surface area contributed by atoms with E-state index in [1.54, 1.807) is 54.2 Å². The van der Waals surface area contributed by atoms with Crippen molar-refractivity contribution >= 4 is 50.7 Å². The molecule has 1 amide bonds. The molecule has 31 heavy (non-hydrogen) atoms. The molecule has 1 N–H and O–H groups in total. The standard InChI is InChI=1S/C23H23ClN2O3S2/c1-3-30-22-11-7-5-9-20(22)25-23(27)16-26(21-10-6-4-8-19(21)24)31(28,29)18-14-12-17(2)13-15-18/h4-15H,3,16H2,1-2H3,(H,25,27). The van der Waals surface area contributed by atoms with Crippen molar-refractivity contribution in [1.82, 2.24) is 0 Å². The summed E-state index contributed by atoms with van der Waals surface area (Å²) in [5, 5.41) is 3.08. The average molecular weight is 475 g/mol. The van der Waals surface area contributed by atoms with Crippen LogP contribution in [0.5, 0.6) is 0 Å². The van der Waals surface area contributed by atoms with Gasteiger partial charge in [0.1, 0.15) is 6.54 Å². The number of hydrogen-bond donors (Lipinski definition) is 1. The number of sulfonamides is 1. The predicted molar refractivity (Wildman–Crippen MR) is 129 cm³/mol. The molecule has 0 saturated carbocycles. The summed E-state index contributed by atoms with van der Waals surface area (Å²) < 4.78 is 27.9. The van der Waals surface area contributed by atoms with Gasteiger partial charge < -0.3 is 5.32 Å². The van der Waals surface area contributed by atoms with E-state index in [4.69, 9.17) is 11.6 Å². The van der Waals surface area contributed by atoms with Crippen LogP contribution in [-0.2, 0) is 14.8 Å². The van der Waals surface area contributed by atoms with E-state index < -0.39 is 22.5 Å². The molecular weight excluding hydrogens is 452 g/mol. The third-order valence-corrected chi connectivity index (χ3v) is 7.53. The summed E-state index contributed by atoms with van der Waals surface area (Å²) >= 11 is 7.90. The lowest BCUT2D eigenvalue weighted by molar-refractivity contribution is -0.114. The van der Waals surface area contributed by atoms with Gasteiger partial charge in [0, 0.05) is 4.90 Å². The van der Waals surface area contributed by atoms with E-state index in [1.165, 1.54) is 12.1 Å². The number of aryl methyl sites for hydroxylation is 1. The van der Waals surface area contributed by atoms with Gasteiger partial charge in [-0.3, -0.25) is 9.10 Å². The van der Waals surface area contributed by atoms with Crippen LogP contribution in [0.2, 0.25) is 5.02 Å². The summed E-state index contributed by atoms with van der Waals surface area (Å²) in [6, 6.07) is 20.5. The van der Waals surface area contributed by atoms with Crippen molar-refractivity contribution in [3.05, 3.63) is 83.4 Å². The first-order valence-electron chi connectivity index (χ1n) is 9.68. The maximum atomic E-state index is 13.4. The molecule has 0 aromatic heterocycles. The fourth-order valence-electron chi connectivity index (χ4n) is 2.96. The molecule has 5 nitrogen and oxygen atoms in total. The van der Waals surface area contributed by atoms with Crippen LogP contribution in [0.25, 0.3) is 0 Å². The van der Waals surface area contributed by atoms with Crippen molar-refractivity contribution in [2.24, 2.45) is 0 Å². The summed E-state index contributed by atoms with van der Waals surface area (Å²) in [7, 11) is -4.02. The van der Waals surface area contributed by atoms with Crippen LogP contribution in [0, 0.1) is 6.92 Å². The molecule has 0 aliphatic carbocycles. The molecular formula is C23H23ClN2O3S2. The van der Waals surface area contributed by atoms with Gasteiger partial charge in [-0.2, -0.15) is 0 Å². The number of nitrogens with zero attached hydrogens (tertiary/aromatic N) is 1. The average Bonchev–Trinajstić information content (AvgIpc) is 2.74. The number of anilines is 2. The number of carbonyl (C=O) groups excluding carboxylic acids is 1. The zero-order chi connectivity index (χ0) is 22.4. The third-order valence-electron chi connectivity index (χ3n) is 4.48. The first-order valence-corrected chi connectivity index (χ1v) is 12.5. The Bertz CT molecular complexity index is 1170. The largest absolute Gasteiger partial charge is 0.323 e. The molecule has 3 rings (SSSR count). The lowest BCUT2D eigenvalue weighted by atomic mass is 10.2. The number of nitrogens with one attached hydrogen (secondary N) is 1. The zero-order valence-corrected chi connectivity index (χ0v) is 19.6. The zero-order valence-electron chi connectivity index (χ0n) is 17.2. The van der Waals surface area contributed by atoms with Gasteiger partial charge in [0.15, 0.2) is 0 Å². The van der Waals surface area contributed by atoms with E-state index in [1.807, 2.05) is 32.0 Å². The molecule has 0 aliphatic rings. The van der Waals surface area contributed by atoms with Crippen LogP contribution in [0.1, 0.15) is 12.5 Å². The summed E-state index contributed by atoms with van der Waals surface area (Å²) in [6.07, 6.45) is 0. The monoisotopic (exact) mass is 474 g/mol. The predicted octanol–water partition coefficient (Wildman–Crippen LogP) is 5.59. The van der Waals surface area contributed by atoms with Crippen molar-refractivity contribution in [2.75, 3.05) is 21.9 Å². The van der Waals surface area contributed by atoms with Crippen LogP contribution in [0.15, 0.2) is 82.6 Å². The highest BCUT2D eigenvalue weighted by molar-refractivity contribution is 7.99. The van der Waals surface area contributed by atoms with Crippen LogP contribution < -0.4 is 9.62 Å². The molecule has 0 spiro atoms. The second-order valence-electron chi connectivity index (χ2n) is 6.75. The van der Waals surface area contributed by atoms with Gasteiger partial charge in [-0.1, -0.05) is 60.5 Å². The maximum absolute atomic E-state index is 13.4. The Kier molecular flexibility index (Phi) is 7.64. The Labute approximate surface area is 192 Å². The Morgan fingerprint density at radius 2 is 1.65 bits per heavy atom. The molecule has 0 aliphatic heterocycles. The first-order chi connectivity index (χ1) is 14.8. The number of amides is 1. The molecule has 0 saturated heterocycles. The SMILES string of the molecule is CCSc1ccccc1NC(=O)CN(c1ccccc1Cl)S(=O)(=O)c1ccc(C)cc1. The summed E-state index contributed by atoms with van der Waals surface area (Å²) in [6.45, 7) is 3.49. The highest BCUT2D eigenvalue weighted by atomic mass is 35.5. The Hall–Kier alpha value is -2.48. The molecule has 0 unspecified atom stereocenters. The molecule has 3 aromatic rings. The van der Waals surface area contributed by atoms with Crippen molar-refractivity contribution in [2.45, 2.75) is 23.6 Å². The molecule has 3 aromatic carbocycles. The van der Waals surface area contributed by atoms with Gasteiger partial charge in [0.05, 0.1) is 21.3 Å². The normalized spacial score (nSPS) is 11.2. The lowest BCUT2D eigenvalue weighted by Crippen LogP contribution is -2.38. The summed E-state index contributed by atoms with van der Waals surface area (Å²) in [5.74, 6) is 0.389. The molecule has 0 heterocycles. The Morgan fingerprint density at radius 1 is 1.00 bits per heavy atom. The van der Waals surface area contributed by atoms with Crippen molar-refractivity contribution in [3.8, 4) is 0 Å². The second kappa shape index (κ2) is 10.2. The number of benzene rings is 3. The van der Waals surface area contributed by atoms with E-state index in [9.17, 15) is 13.2 Å². The van der Waals surface area contributed by atoms with E-state index in [0.29, 0.717) is 5.69 Å². The van der Waals surface area contributed by atoms with E-state index in [-0.39, 0.29) is 15.6 Å². The van der Waals surface area contributed by atoms with Crippen molar-refractivity contribution < 1.29 is 13.2 Å². The first kappa shape index (κ1) is 23.2. The summed E-state index contributed by atoms with van der Waals surface area (Å²) in [4.78, 5) is 13.9.